The Morgan fingerprint density at radius 1 is 1.08 bits per heavy atom. The van der Waals surface area contributed by atoms with Crippen molar-refractivity contribution in [3.63, 3.8) is 0 Å². The van der Waals surface area contributed by atoms with Gasteiger partial charge in [-0.1, -0.05) is 17.3 Å². The molecule has 0 aliphatic heterocycles. The molecule has 0 saturated carbocycles. The molecule has 2 aromatic rings. The van der Waals surface area contributed by atoms with Crippen LogP contribution in [0.15, 0.2) is 47.6 Å². The molecule has 25 heavy (non-hydrogen) atoms. The van der Waals surface area contributed by atoms with Crippen molar-refractivity contribution in [2.45, 2.75) is 19.7 Å². The van der Waals surface area contributed by atoms with Crippen LogP contribution >= 0.6 is 0 Å². The van der Waals surface area contributed by atoms with Gasteiger partial charge in [-0.2, -0.15) is 13.2 Å². The van der Waals surface area contributed by atoms with E-state index < -0.39 is 11.7 Å². The van der Waals surface area contributed by atoms with Gasteiger partial charge in [-0.3, -0.25) is 0 Å². The van der Waals surface area contributed by atoms with E-state index in [-0.39, 0.29) is 6.61 Å². The first-order valence-corrected chi connectivity index (χ1v) is 7.56. The van der Waals surface area contributed by atoms with Crippen LogP contribution in [0.25, 0.3) is 0 Å². The third-order valence-corrected chi connectivity index (χ3v) is 3.25. The van der Waals surface area contributed by atoms with Crippen molar-refractivity contribution in [3.8, 4) is 11.5 Å². The van der Waals surface area contributed by atoms with E-state index >= 15 is 0 Å². The summed E-state index contributed by atoms with van der Waals surface area (Å²) in [6, 6.07) is 10.2. The maximum atomic E-state index is 12.6. The van der Waals surface area contributed by atoms with Crippen LogP contribution in [0.1, 0.15) is 23.6 Å². The maximum Gasteiger partial charge on any atom is 0.416 e. The van der Waals surface area contributed by atoms with E-state index in [1.54, 1.807) is 24.3 Å². The molecule has 0 saturated heterocycles. The molecular formula is C18H18F3NO3. The van der Waals surface area contributed by atoms with E-state index in [4.69, 9.17) is 14.3 Å². The quantitative estimate of drug-likeness (QED) is 0.537. The Bertz CT molecular complexity index is 730. The zero-order chi connectivity index (χ0) is 18.3. The number of hydrogen-bond donors (Lipinski definition) is 0. The number of ether oxygens (including phenoxy) is 2. The summed E-state index contributed by atoms with van der Waals surface area (Å²) in [5.41, 5.74) is 0.384. The number of benzene rings is 2. The number of methoxy groups -OCH3 is 1. The van der Waals surface area contributed by atoms with E-state index in [1.165, 1.54) is 19.4 Å². The highest BCUT2D eigenvalue weighted by Crippen LogP contribution is 2.30. The number of hydrogen-bond acceptors (Lipinski definition) is 4. The van der Waals surface area contributed by atoms with Crippen LogP contribution in [0.5, 0.6) is 11.5 Å². The number of nitrogens with zero attached hydrogens (tertiary/aromatic N) is 1. The third-order valence-electron chi connectivity index (χ3n) is 3.25. The lowest BCUT2D eigenvalue weighted by atomic mass is 10.1. The standard InChI is InChI=1S/C18H18F3NO3/c1-3-24-16-8-7-13(10-17(16)23-2)11-22-25-12-14-5-4-6-15(9-14)18(19,20)21/h4-11H,3,12H2,1-2H3/b22-11+. The van der Waals surface area contributed by atoms with Crippen molar-refractivity contribution in [3.05, 3.63) is 59.2 Å². The minimum absolute atomic E-state index is 0.0609. The van der Waals surface area contributed by atoms with E-state index in [0.29, 0.717) is 29.2 Å². The van der Waals surface area contributed by atoms with Crippen LogP contribution in [0, 0.1) is 0 Å². The van der Waals surface area contributed by atoms with Crippen molar-refractivity contribution < 1.29 is 27.5 Å². The molecule has 4 nitrogen and oxygen atoms in total. The summed E-state index contributed by atoms with van der Waals surface area (Å²) in [4.78, 5) is 5.07. The lowest BCUT2D eigenvalue weighted by Gasteiger charge is -2.09. The van der Waals surface area contributed by atoms with Crippen molar-refractivity contribution in [2.24, 2.45) is 5.16 Å². The first kappa shape index (κ1) is 18.6. The second-order valence-corrected chi connectivity index (χ2v) is 5.05. The average molecular weight is 353 g/mol. The Morgan fingerprint density at radius 2 is 1.88 bits per heavy atom. The largest absolute Gasteiger partial charge is 0.493 e. The van der Waals surface area contributed by atoms with E-state index in [0.717, 1.165) is 12.1 Å². The van der Waals surface area contributed by atoms with Crippen molar-refractivity contribution >= 4 is 6.21 Å². The average Bonchev–Trinajstić information content (AvgIpc) is 2.59. The van der Waals surface area contributed by atoms with E-state index in [2.05, 4.69) is 5.16 Å². The summed E-state index contributed by atoms with van der Waals surface area (Å²) in [6.45, 7) is 2.33. The van der Waals surface area contributed by atoms with Gasteiger partial charge in [-0.15, -0.1) is 0 Å². The fourth-order valence-corrected chi connectivity index (χ4v) is 2.09. The molecule has 0 amide bonds. The summed E-state index contributed by atoms with van der Waals surface area (Å²) >= 11 is 0. The maximum absolute atomic E-state index is 12.6. The van der Waals surface area contributed by atoms with Crippen LogP contribution in [0.4, 0.5) is 13.2 Å². The van der Waals surface area contributed by atoms with E-state index in [1.807, 2.05) is 6.92 Å². The molecule has 0 fully saturated rings. The number of oxime groups is 1. The molecule has 0 aliphatic carbocycles. The highest BCUT2D eigenvalue weighted by Gasteiger charge is 2.30. The Morgan fingerprint density at radius 3 is 2.56 bits per heavy atom. The van der Waals surface area contributed by atoms with Gasteiger partial charge in [0.05, 0.1) is 25.5 Å². The molecule has 0 radical (unpaired) electrons. The monoisotopic (exact) mass is 353 g/mol. The highest BCUT2D eigenvalue weighted by atomic mass is 19.4. The zero-order valence-electron chi connectivity index (χ0n) is 13.8. The van der Waals surface area contributed by atoms with Gasteiger partial charge in [0.15, 0.2) is 11.5 Å². The smallest absolute Gasteiger partial charge is 0.416 e. The molecule has 0 unspecified atom stereocenters. The number of rotatable bonds is 7. The lowest BCUT2D eigenvalue weighted by Crippen LogP contribution is -2.05. The summed E-state index contributed by atoms with van der Waals surface area (Å²) < 4.78 is 48.6. The number of alkyl halides is 3. The molecule has 0 N–H and O–H groups in total. The molecule has 0 atom stereocenters. The van der Waals surface area contributed by atoms with Gasteiger partial charge in [-0.05, 0) is 42.8 Å². The fourth-order valence-electron chi connectivity index (χ4n) is 2.09. The Kier molecular flexibility index (Phi) is 6.27. The molecule has 134 valence electrons. The topological polar surface area (TPSA) is 40.0 Å². The summed E-state index contributed by atoms with van der Waals surface area (Å²) in [5, 5.41) is 3.78. The first-order chi connectivity index (χ1) is 11.9. The summed E-state index contributed by atoms with van der Waals surface area (Å²) in [7, 11) is 1.53. The van der Waals surface area contributed by atoms with Crippen LogP contribution in [-0.4, -0.2) is 19.9 Å². The van der Waals surface area contributed by atoms with Crippen molar-refractivity contribution in [1.29, 1.82) is 0 Å². The molecular weight excluding hydrogens is 335 g/mol. The minimum atomic E-state index is -4.38. The predicted molar refractivity (Wildman–Crippen MR) is 88.0 cm³/mol. The van der Waals surface area contributed by atoms with Gasteiger partial charge in [0.25, 0.3) is 0 Å². The summed E-state index contributed by atoms with van der Waals surface area (Å²) in [6.07, 6.45) is -2.93. The molecule has 0 aromatic heterocycles. The number of halogens is 3. The van der Waals surface area contributed by atoms with Gasteiger partial charge < -0.3 is 14.3 Å². The molecule has 0 bridgehead atoms. The summed E-state index contributed by atoms with van der Waals surface area (Å²) in [5.74, 6) is 1.18. The zero-order valence-corrected chi connectivity index (χ0v) is 13.8. The van der Waals surface area contributed by atoms with Crippen molar-refractivity contribution in [2.75, 3.05) is 13.7 Å². The van der Waals surface area contributed by atoms with Crippen molar-refractivity contribution in [1.82, 2.24) is 0 Å². The highest BCUT2D eigenvalue weighted by molar-refractivity contribution is 5.80. The van der Waals surface area contributed by atoms with Crippen LogP contribution < -0.4 is 9.47 Å². The van der Waals surface area contributed by atoms with Gasteiger partial charge in [0, 0.05) is 5.56 Å². The van der Waals surface area contributed by atoms with Crippen LogP contribution in [-0.2, 0) is 17.6 Å². The molecule has 0 heterocycles. The molecule has 7 heteroatoms. The van der Waals surface area contributed by atoms with Gasteiger partial charge in [-0.25, -0.2) is 0 Å². The first-order valence-electron chi connectivity index (χ1n) is 7.56. The van der Waals surface area contributed by atoms with Gasteiger partial charge in [0.1, 0.15) is 6.61 Å². The Labute approximate surface area is 143 Å². The van der Waals surface area contributed by atoms with Crippen LogP contribution in [0.3, 0.4) is 0 Å². The molecule has 2 rings (SSSR count). The Balaban J connectivity index is 1.98. The Hall–Kier alpha value is -2.70. The van der Waals surface area contributed by atoms with E-state index in [9.17, 15) is 13.2 Å². The normalized spacial score (nSPS) is 11.6. The molecule has 2 aromatic carbocycles. The molecule has 0 spiro atoms. The predicted octanol–water partition coefficient (Wildman–Crippen LogP) is 4.66. The third kappa shape index (κ3) is 5.41. The minimum Gasteiger partial charge on any atom is -0.493 e. The second-order valence-electron chi connectivity index (χ2n) is 5.05. The SMILES string of the molecule is CCOc1ccc(/C=N/OCc2cccc(C(F)(F)F)c2)cc1OC. The van der Waals surface area contributed by atoms with Gasteiger partial charge >= 0.3 is 6.18 Å². The molecule has 0 aliphatic rings. The lowest BCUT2D eigenvalue weighted by molar-refractivity contribution is -0.137. The van der Waals surface area contributed by atoms with Crippen LogP contribution in [0.2, 0.25) is 0 Å². The second kappa shape index (κ2) is 8.41. The fraction of sp³-hybridized carbons (Fsp3) is 0.278. The van der Waals surface area contributed by atoms with Gasteiger partial charge in [0.2, 0.25) is 0 Å².